The van der Waals surface area contributed by atoms with E-state index in [-0.39, 0.29) is 17.3 Å². The number of hydrogen-bond donors (Lipinski definition) is 3. The van der Waals surface area contributed by atoms with Gasteiger partial charge < -0.3 is 16.0 Å². The first kappa shape index (κ1) is 22.3. The lowest BCUT2D eigenvalue weighted by atomic mass is 10.2. The minimum Gasteiger partial charge on any atom is -0.355 e. The first-order valence-corrected chi connectivity index (χ1v) is 11.1. The highest BCUT2D eigenvalue weighted by atomic mass is 32.2. The predicted molar refractivity (Wildman–Crippen MR) is 120 cm³/mol. The Balaban J connectivity index is 1.49. The Morgan fingerprint density at radius 2 is 1.94 bits per heavy atom. The molecule has 0 bridgehead atoms. The predicted octanol–water partition coefficient (Wildman–Crippen LogP) is 1.54. The number of carbonyl (C=O) groups is 1. The van der Waals surface area contributed by atoms with Crippen LogP contribution in [0, 0.1) is 12.7 Å². The fourth-order valence-electron chi connectivity index (χ4n) is 2.93. The van der Waals surface area contributed by atoms with Crippen LogP contribution in [0.2, 0.25) is 0 Å². The quantitative estimate of drug-likeness (QED) is 0.304. The van der Waals surface area contributed by atoms with Gasteiger partial charge in [0.2, 0.25) is 17.8 Å². The van der Waals surface area contributed by atoms with Crippen molar-refractivity contribution in [2.45, 2.75) is 25.9 Å². The van der Waals surface area contributed by atoms with E-state index in [2.05, 4.69) is 51.6 Å². The summed E-state index contributed by atoms with van der Waals surface area (Å²) < 4.78 is 17.1. The van der Waals surface area contributed by atoms with E-state index >= 15 is 0 Å². The Kier molecular flexibility index (Phi) is 6.58. The van der Waals surface area contributed by atoms with Crippen LogP contribution in [0.25, 0.3) is 11.5 Å². The number of fused-ring (bicyclic) bond motifs is 1. The molecule has 172 valence electrons. The van der Waals surface area contributed by atoms with E-state index < -0.39 is 5.82 Å². The molecule has 13 nitrogen and oxygen atoms in total. The van der Waals surface area contributed by atoms with E-state index in [1.807, 2.05) is 13.8 Å². The standard InChI is InChI=1S/C18H21FN12OS/c1-4-20-15-23-16(21-5-2)30-17(24-15)26-27-18(30)33-9-14(32)22-11-6-7-12(19)13(8-11)31-10(3)25-28-29-31/h6-8H,4-5,9H2,1-3H3,(H,22,32)(H2,20,21,23,24,26). The lowest BCUT2D eigenvalue weighted by Crippen LogP contribution is -2.15. The fourth-order valence-corrected chi connectivity index (χ4v) is 3.66. The summed E-state index contributed by atoms with van der Waals surface area (Å²) in [5.41, 5.74) is 0.542. The number of amides is 1. The van der Waals surface area contributed by atoms with Gasteiger partial charge in [0, 0.05) is 18.8 Å². The first-order chi connectivity index (χ1) is 16.0. The molecule has 15 heteroatoms. The Bertz CT molecular complexity index is 1290. The first-order valence-electron chi connectivity index (χ1n) is 10.1. The molecule has 4 rings (SSSR count). The number of tetrazole rings is 1. The normalized spacial score (nSPS) is 11.0. The van der Waals surface area contributed by atoms with Crippen LogP contribution >= 0.6 is 11.8 Å². The van der Waals surface area contributed by atoms with Crippen LogP contribution in [0.15, 0.2) is 23.4 Å². The van der Waals surface area contributed by atoms with Crippen molar-refractivity contribution in [2.24, 2.45) is 0 Å². The number of thioether (sulfide) groups is 1. The van der Waals surface area contributed by atoms with E-state index in [0.29, 0.717) is 47.4 Å². The van der Waals surface area contributed by atoms with Crippen molar-refractivity contribution >= 4 is 41.0 Å². The van der Waals surface area contributed by atoms with Crippen LogP contribution in [-0.4, -0.2) is 69.5 Å². The highest BCUT2D eigenvalue weighted by Gasteiger charge is 2.17. The van der Waals surface area contributed by atoms with Gasteiger partial charge in [0.05, 0.1) is 5.75 Å². The summed E-state index contributed by atoms with van der Waals surface area (Å²) >= 11 is 1.18. The molecule has 0 radical (unpaired) electrons. The second kappa shape index (κ2) is 9.72. The Hall–Kier alpha value is -3.88. The molecule has 4 aromatic rings. The molecule has 1 aromatic carbocycles. The maximum absolute atomic E-state index is 14.2. The molecule has 3 heterocycles. The van der Waals surface area contributed by atoms with Crippen LogP contribution in [0.4, 0.5) is 22.0 Å². The maximum Gasteiger partial charge on any atom is 0.261 e. The zero-order chi connectivity index (χ0) is 23.4. The SMILES string of the molecule is CCNc1nc(NCC)n2c(SCC(=O)Nc3ccc(F)c(-n4nnnc4C)c3)nnc2n1. The van der Waals surface area contributed by atoms with Crippen LogP contribution < -0.4 is 16.0 Å². The average Bonchev–Trinajstić information content (AvgIpc) is 3.40. The van der Waals surface area contributed by atoms with Crippen molar-refractivity contribution in [2.75, 3.05) is 34.8 Å². The summed E-state index contributed by atoms with van der Waals surface area (Å²) in [6.07, 6.45) is 0. The number of carbonyl (C=O) groups excluding carboxylic acids is 1. The Morgan fingerprint density at radius 1 is 1.12 bits per heavy atom. The largest absolute Gasteiger partial charge is 0.355 e. The van der Waals surface area contributed by atoms with E-state index in [1.165, 1.54) is 34.6 Å². The molecule has 0 fully saturated rings. The van der Waals surface area contributed by atoms with Crippen molar-refractivity contribution in [3.05, 3.63) is 29.8 Å². The second-order valence-corrected chi connectivity index (χ2v) is 7.63. The molecule has 0 saturated heterocycles. The summed E-state index contributed by atoms with van der Waals surface area (Å²) in [4.78, 5) is 21.3. The number of rotatable bonds is 9. The molecule has 0 saturated carbocycles. The zero-order valence-corrected chi connectivity index (χ0v) is 18.9. The number of nitrogens with one attached hydrogen (secondary N) is 3. The van der Waals surface area contributed by atoms with Gasteiger partial charge in [-0.3, -0.25) is 4.79 Å². The maximum atomic E-state index is 14.2. The summed E-state index contributed by atoms with van der Waals surface area (Å²) in [6.45, 7) is 6.83. The van der Waals surface area contributed by atoms with Gasteiger partial charge in [-0.25, -0.2) is 8.79 Å². The molecule has 0 aliphatic heterocycles. The number of aryl methyl sites for hydroxylation is 1. The highest BCUT2D eigenvalue weighted by molar-refractivity contribution is 7.99. The molecule has 33 heavy (non-hydrogen) atoms. The van der Waals surface area contributed by atoms with Gasteiger partial charge in [0.15, 0.2) is 11.0 Å². The van der Waals surface area contributed by atoms with Gasteiger partial charge >= 0.3 is 0 Å². The van der Waals surface area contributed by atoms with E-state index in [4.69, 9.17) is 0 Å². The number of hydrogen-bond acceptors (Lipinski definition) is 11. The van der Waals surface area contributed by atoms with Crippen LogP contribution in [0.3, 0.4) is 0 Å². The third kappa shape index (κ3) is 4.82. The Labute approximate surface area is 191 Å². The minimum absolute atomic E-state index is 0.0396. The summed E-state index contributed by atoms with van der Waals surface area (Å²) in [7, 11) is 0. The van der Waals surface area contributed by atoms with Gasteiger partial charge in [-0.15, -0.1) is 15.3 Å². The topological polar surface area (TPSA) is 153 Å². The van der Waals surface area contributed by atoms with Crippen molar-refractivity contribution in [3.63, 3.8) is 0 Å². The molecule has 0 spiro atoms. The van der Waals surface area contributed by atoms with Crippen molar-refractivity contribution < 1.29 is 9.18 Å². The van der Waals surface area contributed by atoms with E-state index in [9.17, 15) is 9.18 Å². The molecule has 3 N–H and O–H groups in total. The van der Waals surface area contributed by atoms with Crippen LogP contribution in [0.1, 0.15) is 19.7 Å². The molecular weight excluding hydrogens is 451 g/mol. The van der Waals surface area contributed by atoms with Gasteiger partial charge in [0.1, 0.15) is 11.5 Å². The molecule has 0 unspecified atom stereocenters. The lowest BCUT2D eigenvalue weighted by Gasteiger charge is -2.10. The van der Waals surface area contributed by atoms with Gasteiger partial charge in [-0.1, -0.05) is 11.8 Å². The number of anilines is 3. The van der Waals surface area contributed by atoms with Crippen molar-refractivity contribution in [1.29, 1.82) is 0 Å². The van der Waals surface area contributed by atoms with Gasteiger partial charge in [-0.05, 0) is 49.4 Å². The molecular formula is C18H21FN12OS. The van der Waals surface area contributed by atoms with Crippen LogP contribution in [0.5, 0.6) is 0 Å². The fraction of sp³-hybridized carbons (Fsp3) is 0.333. The average molecular weight is 473 g/mol. The molecule has 1 amide bonds. The molecule has 3 aromatic heterocycles. The van der Waals surface area contributed by atoms with Crippen LogP contribution in [-0.2, 0) is 4.79 Å². The van der Waals surface area contributed by atoms with Crippen molar-refractivity contribution in [3.8, 4) is 5.69 Å². The van der Waals surface area contributed by atoms with Crippen molar-refractivity contribution in [1.82, 2.24) is 44.8 Å². The van der Waals surface area contributed by atoms with E-state index in [0.717, 1.165) is 0 Å². The molecule has 0 aliphatic carbocycles. The highest BCUT2D eigenvalue weighted by Crippen LogP contribution is 2.22. The van der Waals surface area contributed by atoms with Gasteiger partial charge in [-0.2, -0.15) is 14.6 Å². The zero-order valence-electron chi connectivity index (χ0n) is 18.1. The number of aromatic nitrogens is 9. The second-order valence-electron chi connectivity index (χ2n) is 6.69. The number of nitrogens with zero attached hydrogens (tertiary/aromatic N) is 9. The smallest absolute Gasteiger partial charge is 0.261 e. The number of halogens is 1. The lowest BCUT2D eigenvalue weighted by molar-refractivity contribution is -0.113. The summed E-state index contributed by atoms with van der Waals surface area (Å²) in [5.74, 6) is 0.956. The molecule has 0 atom stereocenters. The minimum atomic E-state index is -0.513. The summed E-state index contributed by atoms with van der Waals surface area (Å²) in [5, 5.41) is 28.7. The van der Waals surface area contributed by atoms with Gasteiger partial charge in [0.25, 0.3) is 5.78 Å². The summed E-state index contributed by atoms with van der Waals surface area (Å²) in [6, 6.07) is 4.17. The monoisotopic (exact) mass is 472 g/mol. The third-order valence-electron chi connectivity index (χ3n) is 4.33. The number of benzene rings is 1. The Morgan fingerprint density at radius 3 is 2.67 bits per heavy atom. The third-order valence-corrected chi connectivity index (χ3v) is 5.26. The van der Waals surface area contributed by atoms with E-state index in [1.54, 1.807) is 11.3 Å². The molecule has 0 aliphatic rings.